The molecule has 4 nitrogen and oxygen atoms in total. The van der Waals surface area contributed by atoms with Crippen LogP contribution >= 0.6 is 0 Å². The molecule has 0 aliphatic carbocycles. The SMILES string of the molecule is Cc1cc(C(C#N)(c2ccc(N(C)C)cc2)c2ccc(N(C)C)cc2)ccc1N(C)C. The molecule has 0 N–H and O–H groups in total. The van der Waals surface area contributed by atoms with Crippen LogP contribution in [-0.4, -0.2) is 42.3 Å². The van der Waals surface area contributed by atoms with Crippen molar-refractivity contribution >= 4 is 17.1 Å². The summed E-state index contributed by atoms with van der Waals surface area (Å²) in [7, 11) is 12.2. The highest BCUT2D eigenvalue weighted by molar-refractivity contribution is 5.64. The summed E-state index contributed by atoms with van der Waals surface area (Å²) < 4.78 is 0. The molecule has 0 radical (unpaired) electrons. The number of anilines is 3. The van der Waals surface area contributed by atoms with Gasteiger partial charge >= 0.3 is 0 Å². The quantitative estimate of drug-likeness (QED) is 0.531. The van der Waals surface area contributed by atoms with Gasteiger partial charge in [-0.25, -0.2) is 0 Å². The van der Waals surface area contributed by atoms with Gasteiger partial charge in [-0.2, -0.15) is 5.26 Å². The van der Waals surface area contributed by atoms with E-state index >= 15 is 0 Å². The smallest absolute Gasteiger partial charge is 0.132 e. The first-order valence-electron chi connectivity index (χ1n) is 10.5. The number of nitrogens with zero attached hydrogens (tertiary/aromatic N) is 4. The molecule has 3 aromatic rings. The zero-order chi connectivity index (χ0) is 22.8. The van der Waals surface area contributed by atoms with Gasteiger partial charge in [0.25, 0.3) is 0 Å². The van der Waals surface area contributed by atoms with Crippen molar-refractivity contribution in [1.82, 2.24) is 0 Å². The number of benzene rings is 3. The van der Waals surface area contributed by atoms with Crippen molar-refractivity contribution in [3.8, 4) is 6.07 Å². The molecule has 0 spiro atoms. The molecule has 0 aliphatic rings. The summed E-state index contributed by atoms with van der Waals surface area (Å²) >= 11 is 0. The molecule has 0 fully saturated rings. The highest BCUT2D eigenvalue weighted by Crippen LogP contribution is 2.41. The fourth-order valence-electron chi connectivity index (χ4n) is 4.10. The summed E-state index contributed by atoms with van der Waals surface area (Å²) in [5, 5.41) is 10.7. The second-order valence-corrected chi connectivity index (χ2v) is 8.64. The fraction of sp³-hybridized carbons (Fsp3) is 0.296. The second kappa shape index (κ2) is 8.73. The van der Waals surface area contributed by atoms with Crippen LogP contribution in [0.2, 0.25) is 0 Å². The molecule has 4 heteroatoms. The first kappa shape index (κ1) is 22.2. The van der Waals surface area contributed by atoms with Gasteiger partial charge in [0.15, 0.2) is 0 Å². The predicted octanol–water partition coefficient (Wildman–Crippen LogP) is 5.05. The maximum atomic E-state index is 10.7. The number of nitriles is 1. The Bertz CT molecular complexity index is 1020. The van der Waals surface area contributed by atoms with Crippen molar-refractivity contribution in [3.05, 3.63) is 89.0 Å². The molecule has 0 amide bonds. The maximum Gasteiger partial charge on any atom is 0.132 e. The van der Waals surface area contributed by atoms with E-state index in [1.807, 2.05) is 42.3 Å². The third-order valence-electron chi connectivity index (χ3n) is 5.91. The van der Waals surface area contributed by atoms with Crippen LogP contribution in [0.5, 0.6) is 0 Å². The van der Waals surface area contributed by atoms with Crippen molar-refractivity contribution in [2.75, 3.05) is 57.0 Å². The average molecular weight is 413 g/mol. The van der Waals surface area contributed by atoms with Gasteiger partial charge in [-0.3, -0.25) is 0 Å². The van der Waals surface area contributed by atoms with Gasteiger partial charge in [0.2, 0.25) is 0 Å². The largest absolute Gasteiger partial charge is 0.378 e. The summed E-state index contributed by atoms with van der Waals surface area (Å²) in [5.74, 6) is 0. The molecule has 0 unspecified atom stereocenters. The normalized spacial score (nSPS) is 11.0. The molecule has 0 heterocycles. The van der Waals surface area contributed by atoms with E-state index in [0.717, 1.165) is 39.3 Å². The minimum Gasteiger partial charge on any atom is -0.378 e. The van der Waals surface area contributed by atoms with Gasteiger partial charge in [-0.05, 0) is 59.5 Å². The van der Waals surface area contributed by atoms with Crippen LogP contribution in [0.3, 0.4) is 0 Å². The summed E-state index contributed by atoms with van der Waals surface area (Å²) in [6.07, 6.45) is 0. The first-order valence-corrected chi connectivity index (χ1v) is 10.5. The van der Waals surface area contributed by atoms with E-state index in [9.17, 15) is 5.26 Å². The lowest BCUT2D eigenvalue weighted by Gasteiger charge is -2.31. The molecular weight excluding hydrogens is 380 g/mol. The molecule has 0 aliphatic heterocycles. The summed E-state index contributed by atoms with van der Waals surface area (Å²) in [4.78, 5) is 6.24. The van der Waals surface area contributed by atoms with Gasteiger partial charge in [0.1, 0.15) is 5.41 Å². The molecule has 0 aromatic heterocycles. The fourth-order valence-corrected chi connectivity index (χ4v) is 4.10. The summed E-state index contributed by atoms with van der Waals surface area (Å²) in [6.45, 7) is 2.10. The lowest BCUT2D eigenvalue weighted by Crippen LogP contribution is -2.28. The van der Waals surface area contributed by atoms with E-state index in [-0.39, 0.29) is 0 Å². The van der Waals surface area contributed by atoms with Crippen molar-refractivity contribution in [3.63, 3.8) is 0 Å². The standard InChI is InChI=1S/C27H32N4/c1-20-18-23(12-17-26(20)31(6)7)27(19-28,21-8-13-24(14-9-21)29(2)3)22-10-15-25(16-11-22)30(4)5/h8-18H,1-7H3. The Kier molecular flexibility index (Phi) is 6.27. The van der Waals surface area contributed by atoms with Crippen LogP contribution in [0, 0.1) is 18.3 Å². The monoisotopic (exact) mass is 412 g/mol. The van der Waals surface area contributed by atoms with E-state index in [4.69, 9.17) is 0 Å². The van der Waals surface area contributed by atoms with E-state index < -0.39 is 5.41 Å². The Morgan fingerprint density at radius 3 is 1.35 bits per heavy atom. The average Bonchev–Trinajstić information content (AvgIpc) is 2.75. The highest BCUT2D eigenvalue weighted by Gasteiger charge is 2.37. The van der Waals surface area contributed by atoms with Crippen LogP contribution in [0.4, 0.5) is 17.1 Å². The van der Waals surface area contributed by atoms with Crippen molar-refractivity contribution in [2.45, 2.75) is 12.3 Å². The minimum absolute atomic E-state index is 0.898. The van der Waals surface area contributed by atoms with Crippen molar-refractivity contribution in [1.29, 1.82) is 5.26 Å². The van der Waals surface area contributed by atoms with Gasteiger partial charge in [0.05, 0.1) is 6.07 Å². The predicted molar refractivity (Wildman–Crippen MR) is 133 cm³/mol. The number of rotatable bonds is 6. The van der Waals surface area contributed by atoms with E-state index in [2.05, 4.69) is 94.4 Å². The second-order valence-electron chi connectivity index (χ2n) is 8.64. The molecule has 0 saturated heterocycles. The van der Waals surface area contributed by atoms with Crippen LogP contribution in [-0.2, 0) is 5.41 Å². The highest BCUT2D eigenvalue weighted by atomic mass is 15.1. The topological polar surface area (TPSA) is 33.5 Å². The molecule has 31 heavy (non-hydrogen) atoms. The molecule has 0 bridgehead atoms. The third-order valence-corrected chi connectivity index (χ3v) is 5.91. The van der Waals surface area contributed by atoms with Gasteiger partial charge in [-0.15, -0.1) is 0 Å². The minimum atomic E-state index is -0.898. The van der Waals surface area contributed by atoms with Crippen LogP contribution in [0.25, 0.3) is 0 Å². The summed E-state index contributed by atoms with van der Waals surface area (Å²) in [6, 6.07) is 25.7. The molecule has 0 saturated carbocycles. The van der Waals surface area contributed by atoms with Gasteiger partial charge in [0, 0.05) is 59.3 Å². The maximum absolute atomic E-state index is 10.7. The lowest BCUT2D eigenvalue weighted by atomic mass is 9.70. The van der Waals surface area contributed by atoms with E-state index in [1.165, 1.54) is 0 Å². The van der Waals surface area contributed by atoms with Crippen LogP contribution in [0.15, 0.2) is 66.7 Å². The Labute approximate surface area is 187 Å². The molecule has 160 valence electrons. The zero-order valence-corrected chi connectivity index (χ0v) is 19.6. The molecular formula is C27H32N4. The number of hydrogen-bond acceptors (Lipinski definition) is 4. The first-order chi connectivity index (χ1) is 14.7. The summed E-state index contributed by atoms with van der Waals surface area (Å²) in [5.41, 5.74) is 6.54. The number of aryl methyl sites for hydroxylation is 1. The number of hydrogen-bond donors (Lipinski definition) is 0. The third kappa shape index (κ3) is 4.09. The van der Waals surface area contributed by atoms with E-state index in [1.54, 1.807) is 0 Å². The van der Waals surface area contributed by atoms with E-state index in [0.29, 0.717) is 0 Å². The molecule has 3 aromatic carbocycles. The van der Waals surface area contributed by atoms with Crippen LogP contribution in [0.1, 0.15) is 22.3 Å². The molecule has 0 atom stereocenters. The van der Waals surface area contributed by atoms with Crippen molar-refractivity contribution in [2.24, 2.45) is 0 Å². The lowest BCUT2D eigenvalue weighted by molar-refractivity contribution is 0.793. The van der Waals surface area contributed by atoms with Gasteiger partial charge in [-0.1, -0.05) is 36.4 Å². The Balaban J connectivity index is 2.26. The molecule has 3 rings (SSSR count). The van der Waals surface area contributed by atoms with Gasteiger partial charge < -0.3 is 14.7 Å². The Hall–Kier alpha value is -3.45. The van der Waals surface area contributed by atoms with Crippen molar-refractivity contribution < 1.29 is 0 Å². The van der Waals surface area contributed by atoms with Crippen LogP contribution < -0.4 is 14.7 Å². The Morgan fingerprint density at radius 1 is 0.613 bits per heavy atom. The zero-order valence-electron chi connectivity index (χ0n) is 19.6. The Morgan fingerprint density at radius 2 is 1.03 bits per heavy atom.